The Bertz CT molecular complexity index is 450. The second kappa shape index (κ2) is 6.78. The Kier molecular flexibility index (Phi) is 5.05. The molecular weight excluding hydrogens is 248 g/mol. The van der Waals surface area contributed by atoms with Gasteiger partial charge in [0.05, 0.1) is 0 Å². The number of nitrogen functional groups attached to an aromatic ring is 1. The van der Waals surface area contributed by atoms with Crippen molar-refractivity contribution in [3.8, 4) is 0 Å². The van der Waals surface area contributed by atoms with E-state index in [1.807, 2.05) is 36.2 Å². The SMILES string of the molecule is CC1CCC(N(C)C(=O)CCc2ccccc2N)CC1. The molecule has 110 valence electrons. The van der Waals surface area contributed by atoms with Crippen LogP contribution in [0.3, 0.4) is 0 Å². The maximum Gasteiger partial charge on any atom is 0.222 e. The highest BCUT2D eigenvalue weighted by atomic mass is 16.2. The molecule has 1 aliphatic carbocycles. The van der Waals surface area contributed by atoms with Gasteiger partial charge in [-0.3, -0.25) is 4.79 Å². The van der Waals surface area contributed by atoms with E-state index in [2.05, 4.69) is 6.92 Å². The number of para-hydroxylation sites is 1. The van der Waals surface area contributed by atoms with Crippen molar-refractivity contribution in [3.05, 3.63) is 29.8 Å². The van der Waals surface area contributed by atoms with E-state index in [-0.39, 0.29) is 5.91 Å². The third-order valence-corrected chi connectivity index (χ3v) is 4.59. The average molecular weight is 274 g/mol. The van der Waals surface area contributed by atoms with Crippen molar-refractivity contribution in [2.24, 2.45) is 5.92 Å². The van der Waals surface area contributed by atoms with Crippen LogP contribution in [0.4, 0.5) is 5.69 Å². The highest BCUT2D eigenvalue weighted by Gasteiger charge is 2.24. The minimum Gasteiger partial charge on any atom is -0.399 e. The molecule has 20 heavy (non-hydrogen) atoms. The molecule has 2 N–H and O–H groups in total. The molecule has 3 nitrogen and oxygen atoms in total. The standard InChI is InChI=1S/C17H26N2O/c1-13-7-10-15(11-8-13)19(2)17(20)12-9-14-5-3-4-6-16(14)18/h3-6,13,15H,7-12,18H2,1-2H3. The van der Waals surface area contributed by atoms with Gasteiger partial charge in [0.2, 0.25) is 5.91 Å². The van der Waals surface area contributed by atoms with Crippen LogP contribution in [0.2, 0.25) is 0 Å². The molecule has 3 heteroatoms. The van der Waals surface area contributed by atoms with Gasteiger partial charge in [-0.2, -0.15) is 0 Å². The summed E-state index contributed by atoms with van der Waals surface area (Å²) in [5, 5.41) is 0. The van der Waals surface area contributed by atoms with Crippen molar-refractivity contribution < 1.29 is 4.79 Å². The molecule has 0 bridgehead atoms. The van der Waals surface area contributed by atoms with Crippen LogP contribution in [-0.2, 0) is 11.2 Å². The minimum atomic E-state index is 0.243. The van der Waals surface area contributed by atoms with Gasteiger partial charge in [-0.1, -0.05) is 25.1 Å². The lowest BCUT2D eigenvalue weighted by Crippen LogP contribution is -2.39. The third kappa shape index (κ3) is 3.75. The molecule has 0 radical (unpaired) electrons. The molecule has 0 atom stereocenters. The van der Waals surface area contributed by atoms with Gasteiger partial charge in [0.15, 0.2) is 0 Å². The van der Waals surface area contributed by atoms with E-state index in [1.165, 1.54) is 12.8 Å². The van der Waals surface area contributed by atoms with Gasteiger partial charge in [-0.15, -0.1) is 0 Å². The number of carbonyl (C=O) groups excluding carboxylic acids is 1. The minimum absolute atomic E-state index is 0.243. The van der Waals surface area contributed by atoms with Crippen LogP contribution in [-0.4, -0.2) is 23.9 Å². The van der Waals surface area contributed by atoms with Crippen molar-refractivity contribution in [2.75, 3.05) is 12.8 Å². The molecule has 0 saturated heterocycles. The third-order valence-electron chi connectivity index (χ3n) is 4.59. The van der Waals surface area contributed by atoms with Crippen molar-refractivity contribution >= 4 is 11.6 Å². The number of nitrogens with two attached hydrogens (primary N) is 1. The van der Waals surface area contributed by atoms with Gasteiger partial charge in [0.25, 0.3) is 0 Å². The molecule has 0 aliphatic heterocycles. The lowest BCUT2D eigenvalue weighted by Gasteiger charge is -2.33. The largest absolute Gasteiger partial charge is 0.399 e. The summed E-state index contributed by atoms with van der Waals surface area (Å²) >= 11 is 0. The maximum absolute atomic E-state index is 12.3. The lowest BCUT2D eigenvalue weighted by atomic mass is 9.86. The molecule has 0 heterocycles. The molecule has 1 aromatic carbocycles. The predicted octanol–water partition coefficient (Wildman–Crippen LogP) is 3.24. The van der Waals surface area contributed by atoms with E-state index in [0.29, 0.717) is 12.5 Å². The quantitative estimate of drug-likeness (QED) is 0.857. The fourth-order valence-corrected chi connectivity index (χ4v) is 3.01. The Balaban J connectivity index is 1.84. The van der Waals surface area contributed by atoms with Gasteiger partial charge in [-0.05, 0) is 49.7 Å². The van der Waals surface area contributed by atoms with E-state index in [4.69, 9.17) is 5.73 Å². The van der Waals surface area contributed by atoms with Crippen LogP contribution in [0.5, 0.6) is 0 Å². The lowest BCUT2D eigenvalue weighted by molar-refractivity contribution is -0.132. The molecule has 0 spiro atoms. The van der Waals surface area contributed by atoms with E-state index in [0.717, 1.165) is 36.4 Å². The number of aryl methyl sites for hydroxylation is 1. The van der Waals surface area contributed by atoms with Crippen LogP contribution in [0.25, 0.3) is 0 Å². The zero-order chi connectivity index (χ0) is 14.5. The Morgan fingerprint density at radius 2 is 1.90 bits per heavy atom. The maximum atomic E-state index is 12.3. The van der Waals surface area contributed by atoms with Crippen molar-refractivity contribution in [2.45, 2.75) is 51.5 Å². The highest BCUT2D eigenvalue weighted by Crippen LogP contribution is 2.27. The van der Waals surface area contributed by atoms with Gasteiger partial charge in [-0.25, -0.2) is 0 Å². The Hall–Kier alpha value is -1.51. The zero-order valence-corrected chi connectivity index (χ0v) is 12.6. The van der Waals surface area contributed by atoms with Gasteiger partial charge >= 0.3 is 0 Å². The fraction of sp³-hybridized carbons (Fsp3) is 0.588. The number of hydrogen-bond acceptors (Lipinski definition) is 2. The van der Waals surface area contributed by atoms with Gasteiger partial charge in [0.1, 0.15) is 0 Å². The summed E-state index contributed by atoms with van der Waals surface area (Å²) in [7, 11) is 1.96. The molecule has 1 fully saturated rings. The number of hydrogen-bond donors (Lipinski definition) is 1. The van der Waals surface area contributed by atoms with Crippen LogP contribution in [0.15, 0.2) is 24.3 Å². The number of carbonyl (C=O) groups is 1. The van der Waals surface area contributed by atoms with Crippen molar-refractivity contribution in [3.63, 3.8) is 0 Å². The topological polar surface area (TPSA) is 46.3 Å². The monoisotopic (exact) mass is 274 g/mol. The first kappa shape index (κ1) is 14.9. The summed E-state index contributed by atoms with van der Waals surface area (Å²) in [4.78, 5) is 14.3. The van der Waals surface area contributed by atoms with Crippen LogP contribution in [0.1, 0.15) is 44.6 Å². The second-order valence-electron chi connectivity index (χ2n) is 6.12. The molecule has 1 saturated carbocycles. The smallest absolute Gasteiger partial charge is 0.222 e. The summed E-state index contributed by atoms with van der Waals surface area (Å²) in [5.41, 5.74) is 7.78. The average Bonchev–Trinajstić information content (AvgIpc) is 2.46. The van der Waals surface area contributed by atoms with Crippen LogP contribution < -0.4 is 5.73 Å². The molecule has 0 aromatic heterocycles. The summed E-state index contributed by atoms with van der Waals surface area (Å²) in [6.07, 6.45) is 6.07. The Labute approximate surface area is 122 Å². The second-order valence-corrected chi connectivity index (χ2v) is 6.12. The number of amides is 1. The molecule has 1 aliphatic rings. The summed E-state index contributed by atoms with van der Waals surface area (Å²) in [6, 6.07) is 8.24. The van der Waals surface area contributed by atoms with E-state index < -0.39 is 0 Å². The predicted molar refractivity (Wildman–Crippen MR) is 83.4 cm³/mol. The molecule has 1 aromatic rings. The van der Waals surface area contributed by atoms with E-state index in [9.17, 15) is 4.79 Å². The normalized spacial score (nSPS) is 22.5. The van der Waals surface area contributed by atoms with Crippen molar-refractivity contribution in [1.29, 1.82) is 0 Å². The van der Waals surface area contributed by atoms with Gasteiger partial charge in [0, 0.05) is 25.2 Å². The Morgan fingerprint density at radius 1 is 1.25 bits per heavy atom. The van der Waals surface area contributed by atoms with Gasteiger partial charge < -0.3 is 10.6 Å². The number of benzene rings is 1. The molecule has 2 rings (SSSR count). The first-order chi connectivity index (χ1) is 9.58. The number of nitrogens with zero attached hydrogens (tertiary/aromatic N) is 1. The summed E-state index contributed by atoms with van der Waals surface area (Å²) in [5.74, 6) is 1.06. The molecule has 1 amide bonds. The Morgan fingerprint density at radius 3 is 2.55 bits per heavy atom. The molecule has 0 unspecified atom stereocenters. The fourth-order valence-electron chi connectivity index (χ4n) is 3.01. The molecular formula is C17H26N2O. The first-order valence-electron chi connectivity index (χ1n) is 7.67. The zero-order valence-electron chi connectivity index (χ0n) is 12.6. The van der Waals surface area contributed by atoms with E-state index in [1.54, 1.807) is 0 Å². The summed E-state index contributed by atoms with van der Waals surface area (Å²) < 4.78 is 0. The van der Waals surface area contributed by atoms with E-state index >= 15 is 0 Å². The first-order valence-corrected chi connectivity index (χ1v) is 7.67. The van der Waals surface area contributed by atoms with Crippen LogP contribution >= 0.6 is 0 Å². The van der Waals surface area contributed by atoms with Crippen LogP contribution in [0, 0.1) is 5.92 Å². The number of anilines is 1. The van der Waals surface area contributed by atoms with Crippen molar-refractivity contribution in [1.82, 2.24) is 4.90 Å². The summed E-state index contributed by atoms with van der Waals surface area (Å²) in [6.45, 7) is 2.30. The number of rotatable bonds is 4. The highest BCUT2D eigenvalue weighted by molar-refractivity contribution is 5.76.